The number of amides is 1. The molecule has 1 fully saturated rings. The Labute approximate surface area is 225 Å². The molecule has 6 rings (SSSR count). The van der Waals surface area contributed by atoms with E-state index < -0.39 is 17.7 Å². The first-order valence-electron chi connectivity index (χ1n) is 12.8. The molecule has 2 aliphatic rings. The van der Waals surface area contributed by atoms with Gasteiger partial charge in [0.1, 0.15) is 17.6 Å². The summed E-state index contributed by atoms with van der Waals surface area (Å²) in [6.07, 6.45) is 1.64. The molecule has 4 aromatic rings. The number of ketones is 1. The number of carbonyl (C=O) groups is 2. The minimum absolute atomic E-state index is 0.0520. The molecule has 0 aliphatic carbocycles. The molecule has 3 aromatic carbocycles. The van der Waals surface area contributed by atoms with Gasteiger partial charge < -0.3 is 9.84 Å². The summed E-state index contributed by atoms with van der Waals surface area (Å²) in [5.74, 6) is -0.820. The van der Waals surface area contributed by atoms with Gasteiger partial charge in [-0.05, 0) is 79.3 Å². The lowest BCUT2D eigenvalue weighted by Crippen LogP contribution is -2.29. The standard InChI is InChI=1S/C31H28N2O4S/c1-5-19-6-8-20(9-7-19)27-25(28(34)21-10-11-23-22(15-21)14-18(4)37-23)29(35)30(36)33(27)31-32-26-17(3)12-16(2)13-24(26)38-31/h6-13,15,18,27,34H,5,14H2,1-4H3/b28-25+/t18-,27-/m0/s1. The van der Waals surface area contributed by atoms with Gasteiger partial charge in [-0.1, -0.05) is 48.6 Å². The van der Waals surface area contributed by atoms with Crippen molar-refractivity contribution in [2.24, 2.45) is 0 Å². The largest absolute Gasteiger partial charge is 0.507 e. The number of Topliss-reactive ketones (excluding diaryl/α,β-unsaturated/α-hetero) is 1. The lowest BCUT2D eigenvalue weighted by Gasteiger charge is -2.23. The van der Waals surface area contributed by atoms with E-state index in [0.29, 0.717) is 10.7 Å². The first-order valence-corrected chi connectivity index (χ1v) is 13.6. The SMILES string of the molecule is CCc1ccc([C@H]2/C(=C(\O)c3ccc4c(c3)C[C@H](C)O4)C(=O)C(=O)N2c2nc3c(C)cc(C)cc3s2)cc1. The minimum atomic E-state index is -0.800. The van der Waals surface area contributed by atoms with E-state index in [9.17, 15) is 14.7 Å². The number of benzene rings is 3. The lowest BCUT2D eigenvalue weighted by atomic mass is 9.94. The summed E-state index contributed by atoms with van der Waals surface area (Å²) in [4.78, 5) is 33.4. The molecule has 1 amide bonds. The van der Waals surface area contributed by atoms with Crippen LogP contribution < -0.4 is 9.64 Å². The number of rotatable bonds is 4. The first kappa shape index (κ1) is 24.4. The average Bonchev–Trinajstić information content (AvgIpc) is 3.56. The maximum Gasteiger partial charge on any atom is 0.301 e. The number of anilines is 1. The number of aliphatic hydroxyl groups excluding tert-OH is 1. The minimum Gasteiger partial charge on any atom is -0.507 e. The van der Waals surface area contributed by atoms with Gasteiger partial charge in [-0.2, -0.15) is 0 Å². The summed E-state index contributed by atoms with van der Waals surface area (Å²) >= 11 is 1.38. The van der Waals surface area contributed by atoms with Crippen LogP contribution in [0, 0.1) is 13.8 Å². The number of ether oxygens (including phenoxy) is 1. The number of thiazole rings is 1. The van der Waals surface area contributed by atoms with E-state index in [4.69, 9.17) is 9.72 Å². The molecule has 0 unspecified atom stereocenters. The molecule has 0 spiro atoms. The van der Waals surface area contributed by atoms with E-state index in [1.807, 2.05) is 63.2 Å². The summed E-state index contributed by atoms with van der Waals surface area (Å²) in [7, 11) is 0. The predicted molar refractivity (Wildman–Crippen MR) is 150 cm³/mol. The molecule has 7 heteroatoms. The Balaban J connectivity index is 1.54. The van der Waals surface area contributed by atoms with Crippen LogP contribution in [0.1, 0.15) is 53.3 Å². The van der Waals surface area contributed by atoms with Crippen molar-refractivity contribution in [2.45, 2.75) is 52.7 Å². The molecule has 38 heavy (non-hydrogen) atoms. The Kier molecular flexibility index (Phi) is 5.83. The monoisotopic (exact) mass is 524 g/mol. The third-order valence-electron chi connectivity index (χ3n) is 7.34. The number of aryl methyl sites for hydroxylation is 3. The molecule has 2 aliphatic heterocycles. The Morgan fingerprint density at radius 2 is 1.87 bits per heavy atom. The van der Waals surface area contributed by atoms with Gasteiger partial charge >= 0.3 is 5.91 Å². The van der Waals surface area contributed by atoms with Crippen molar-refractivity contribution in [2.75, 3.05) is 4.90 Å². The molecule has 0 bridgehead atoms. The Hall–Kier alpha value is -3.97. The summed E-state index contributed by atoms with van der Waals surface area (Å²) in [5, 5.41) is 12.0. The summed E-state index contributed by atoms with van der Waals surface area (Å²) < 4.78 is 6.76. The van der Waals surface area contributed by atoms with Gasteiger partial charge in [0.2, 0.25) is 0 Å². The molecular weight excluding hydrogens is 496 g/mol. The second kappa shape index (κ2) is 9.10. The summed E-state index contributed by atoms with van der Waals surface area (Å²) in [5.41, 5.74) is 6.34. The highest BCUT2D eigenvalue weighted by Gasteiger charge is 2.48. The Bertz CT molecular complexity index is 1650. The maximum absolute atomic E-state index is 13.6. The molecule has 0 saturated carbocycles. The van der Waals surface area contributed by atoms with Gasteiger partial charge in [0.15, 0.2) is 5.13 Å². The lowest BCUT2D eigenvalue weighted by molar-refractivity contribution is -0.132. The molecule has 192 valence electrons. The van der Waals surface area contributed by atoms with Crippen molar-refractivity contribution >= 4 is 44.1 Å². The number of fused-ring (bicyclic) bond motifs is 2. The Morgan fingerprint density at radius 3 is 2.61 bits per heavy atom. The fourth-order valence-electron chi connectivity index (χ4n) is 5.47. The van der Waals surface area contributed by atoms with Gasteiger partial charge in [-0.3, -0.25) is 14.5 Å². The van der Waals surface area contributed by atoms with Crippen molar-refractivity contribution < 1.29 is 19.4 Å². The maximum atomic E-state index is 13.6. The molecule has 1 saturated heterocycles. The smallest absolute Gasteiger partial charge is 0.301 e. The third kappa shape index (κ3) is 3.89. The average molecular weight is 525 g/mol. The van der Waals surface area contributed by atoms with Crippen LogP contribution in [0.4, 0.5) is 5.13 Å². The van der Waals surface area contributed by atoms with Crippen LogP contribution in [-0.2, 0) is 22.4 Å². The van der Waals surface area contributed by atoms with Crippen LogP contribution in [0.25, 0.3) is 16.0 Å². The van der Waals surface area contributed by atoms with E-state index >= 15 is 0 Å². The van der Waals surface area contributed by atoms with Crippen LogP contribution in [0.2, 0.25) is 0 Å². The second-order valence-electron chi connectivity index (χ2n) is 10.1. The highest BCUT2D eigenvalue weighted by molar-refractivity contribution is 7.22. The first-order chi connectivity index (χ1) is 18.2. The van der Waals surface area contributed by atoms with E-state index in [-0.39, 0.29) is 17.4 Å². The van der Waals surface area contributed by atoms with Crippen molar-refractivity contribution in [1.82, 2.24) is 4.98 Å². The highest BCUT2D eigenvalue weighted by Crippen LogP contribution is 2.45. The number of aromatic nitrogens is 1. The fourth-order valence-corrected chi connectivity index (χ4v) is 6.64. The number of carbonyl (C=O) groups excluding carboxylic acids is 2. The fraction of sp³-hybridized carbons (Fsp3) is 0.258. The Morgan fingerprint density at radius 1 is 1.11 bits per heavy atom. The zero-order chi connectivity index (χ0) is 26.7. The number of hydrogen-bond donors (Lipinski definition) is 1. The number of aliphatic hydroxyl groups is 1. The van der Waals surface area contributed by atoms with Crippen molar-refractivity contribution in [3.63, 3.8) is 0 Å². The van der Waals surface area contributed by atoms with Crippen LogP contribution in [0.5, 0.6) is 5.75 Å². The summed E-state index contributed by atoms with van der Waals surface area (Å²) in [6, 6.07) is 16.5. The van der Waals surface area contributed by atoms with E-state index in [2.05, 4.69) is 13.0 Å². The molecule has 2 atom stereocenters. The third-order valence-corrected chi connectivity index (χ3v) is 8.34. The normalized spacial score (nSPS) is 20.3. The zero-order valence-electron chi connectivity index (χ0n) is 21.7. The highest BCUT2D eigenvalue weighted by atomic mass is 32.1. The molecule has 1 aromatic heterocycles. The van der Waals surface area contributed by atoms with Crippen molar-refractivity contribution in [3.8, 4) is 5.75 Å². The molecule has 6 nitrogen and oxygen atoms in total. The second-order valence-corrected chi connectivity index (χ2v) is 11.2. The van der Waals surface area contributed by atoms with Crippen LogP contribution in [0.15, 0.2) is 60.2 Å². The molecule has 1 N–H and O–H groups in total. The summed E-state index contributed by atoms with van der Waals surface area (Å²) in [6.45, 7) is 8.08. The zero-order valence-corrected chi connectivity index (χ0v) is 22.6. The van der Waals surface area contributed by atoms with E-state index in [1.54, 1.807) is 6.07 Å². The van der Waals surface area contributed by atoms with E-state index in [0.717, 1.165) is 56.6 Å². The van der Waals surface area contributed by atoms with Crippen molar-refractivity contribution in [1.29, 1.82) is 0 Å². The molecule has 0 radical (unpaired) electrons. The van der Waals surface area contributed by atoms with E-state index in [1.165, 1.54) is 16.2 Å². The van der Waals surface area contributed by atoms with Crippen molar-refractivity contribution in [3.05, 3.63) is 93.6 Å². The van der Waals surface area contributed by atoms with Crippen LogP contribution in [-0.4, -0.2) is 27.9 Å². The topological polar surface area (TPSA) is 79.7 Å². The molecular formula is C31H28N2O4S. The van der Waals surface area contributed by atoms with Gasteiger partial charge in [-0.25, -0.2) is 4.98 Å². The predicted octanol–water partition coefficient (Wildman–Crippen LogP) is 6.43. The van der Waals surface area contributed by atoms with Gasteiger partial charge in [-0.15, -0.1) is 0 Å². The quantitative estimate of drug-likeness (QED) is 0.189. The van der Waals surface area contributed by atoms with Gasteiger partial charge in [0.05, 0.1) is 21.8 Å². The number of hydrogen-bond acceptors (Lipinski definition) is 6. The van der Waals surface area contributed by atoms with Gasteiger partial charge in [0, 0.05) is 12.0 Å². The number of nitrogens with zero attached hydrogens (tertiary/aromatic N) is 2. The molecule has 3 heterocycles. The van der Waals surface area contributed by atoms with Crippen LogP contribution >= 0.6 is 11.3 Å². The van der Waals surface area contributed by atoms with Crippen LogP contribution in [0.3, 0.4) is 0 Å². The van der Waals surface area contributed by atoms with Gasteiger partial charge in [0.25, 0.3) is 5.78 Å².